The predicted molar refractivity (Wildman–Crippen MR) is 56.4 cm³/mol. The molecule has 76 valence electrons. The number of nitrogens with zero attached hydrogens (tertiary/aromatic N) is 1. The van der Waals surface area contributed by atoms with Crippen LogP contribution in [0.2, 0.25) is 0 Å². The maximum atomic E-state index is 5.48. The van der Waals surface area contributed by atoms with E-state index in [0.29, 0.717) is 13.1 Å². The predicted octanol–water partition coefficient (Wildman–Crippen LogP) is 1.19. The van der Waals surface area contributed by atoms with Crippen molar-refractivity contribution in [3.8, 4) is 12.3 Å². The van der Waals surface area contributed by atoms with E-state index in [2.05, 4.69) is 17.7 Å². The van der Waals surface area contributed by atoms with Crippen LogP contribution >= 0.6 is 0 Å². The average molecular weight is 192 g/mol. The fourth-order valence-electron chi connectivity index (χ4n) is 1.25. The van der Waals surface area contributed by atoms with Gasteiger partial charge in [0.1, 0.15) is 5.76 Å². The minimum Gasteiger partial charge on any atom is -0.468 e. The normalized spacial score (nSPS) is 10.4. The van der Waals surface area contributed by atoms with Crippen molar-refractivity contribution < 1.29 is 4.42 Å². The molecule has 1 aromatic heterocycles. The highest BCUT2D eigenvalue weighted by atomic mass is 16.3. The first kappa shape index (κ1) is 10.8. The van der Waals surface area contributed by atoms with Crippen molar-refractivity contribution in [2.75, 3.05) is 13.1 Å². The summed E-state index contributed by atoms with van der Waals surface area (Å²) in [5.41, 5.74) is 6.50. The molecule has 0 aliphatic rings. The van der Waals surface area contributed by atoms with E-state index in [4.69, 9.17) is 16.6 Å². The topological polar surface area (TPSA) is 42.4 Å². The maximum absolute atomic E-state index is 5.48. The smallest absolute Gasteiger partial charge is 0.118 e. The Bertz CT molecular complexity index is 311. The van der Waals surface area contributed by atoms with E-state index >= 15 is 0 Å². The third kappa shape index (κ3) is 2.91. The molecule has 1 rings (SSSR count). The summed E-state index contributed by atoms with van der Waals surface area (Å²) in [6.07, 6.45) is 6.94. The van der Waals surface area contributed by atoms with Crippen molar-refractivity contribution in [3.05, 3.63) is 23.7 Å². The van der Waals surface area contributed by atoms with E-state index in [1.54, 1.807) is 6.26 Å². The van der Waals surface area contributed by atoms with Crippen molar-refractivity contribution in [2.24, 2.45) is 5.73 Å². The molecular weight excluding hydrogens is 176 g/mol. The lowest BCUT2D eigenvalue weighted by atomic mass is 10.3. The number of nitrogens with two attached hydrogens (primary N) is 1. The number of hydrogen-bond acceptors (Lipinski definition) is 3. The van der Waals surface area contributed by atoms with Gasteiger partial charge in [-0.05, 0) is 12.6 Å². The third-order valence-electron chi connectivity index (χ3n) is 2.09. The Kier molecular flexibility index (Phi) is 4.24. The van der Waals surface area contributed by atoms with Crippen LogP contribution in [0, 0.1) is 12.3 Å². The lowest BCUT2D eigenvalue weighted by Crippen LogP contribution is -2.22. The van der Waals surface area contributed by atoms with Gasteiger partial charge in [-0.15, -0.1) is 6.42 Å². The standard InChI is InChI=1S/C11H16N2O/c1-3-5-13(4-2)8-11-6-10(7-12)9-14-11/h1,6,9H,4-5,7-8,12H2,2H3. The first-order valence-electron chi connectivity index (χ1n) is 4.72. The fraction of sp³-hybridized carbons (Fsp3) is 0.455. The van der Waals surface area contributed by atoms with Crippen molar-refractivity contribution in [3.63, 3.8) is 0 Å². The Morgan fingerprint density at radius 1 is 1.64 bits per heavy atom. The summed E-state index contributed by atoms with van der Waals surface area (Å²) in [6.45, 7) is 4.91. The van der Waals surface area contributed by atoms with Crippen LogP contribution < -0.4 is 5.73 Å². The number of hydrogen-bond donors (Lipinski definition) is 1. The molecule has 3 heteroatoms. The summed E-state index contributed by atoms with van der Waals surface area (Å²) in [6, 6.07) is 1.97. The second-order valence-electron chi connectivity index (χ2n) is 3.13. The monoisotopic (exact) mass is 192 g/mol. The molecule has 0 aliphatic carbocycles. The van der Waals surface area contributed by atoms with Gasteiger partial charge in [0.05, 0.1) is 19.4 Å². The van der Waals surface area contributed by atoms with Crippen LogP contribution in [0.1, 0.15) is 18.2 Å². The molecule has 1 aromatic rings. The molecule has 1 heterocycles. The summed E-state index contributed by atoms with van der Waals surface area (Å²) in [7, 11) is 0. The molecule has 0 saturated carbocycles. The summed E-state index contributed by atoms with van der Waals surface area (Å²) in [4.78, 5) is 2.12. The Morgan fingerprint density at radius 3 is 2.93 bits per heavy atom. The van der Waals surface area contributed by atoms with Crippen molar-refractivity contribution in [2.45, 2.75) is 20.0 Å². The second kappa shape index (κ2) is 5.48. The second-order valence-corrected chi connectivity index (χ2v) is 3.13. The lowest BCUT2D eigenvalue weighted by molar-refractivity contribution is 0.285. The molecule has 0 aliphatic heterocycles. The van der Waals surface area contributed by atoms with Crippen molar-refractivity contribution in [1.29, 1.82) is 0 Å². The van der Waals surface area contributed by atoms with Gasteiger partial charge in [-0.1, -0.05) is 12.8 Å². The van der Waals surface area contributed by atoms with Gasteiger partial charge in [-0.3, -0.25) is 4.90 Å². The number of terminal acetylenes is 1. The minimum atomic E-state index is 0.519. The van der Waals surface area contributed by atoms with Gasteiger partial charge in [0.25, 0.3) is 0 Å². The Balaban J connectivity index is 2.54. The van der Waals surface area contributed by atoms with E-state index in [1.807, 2.05) is 6.07 Å². The Labute approximate surface area is 84.9 Å². The fourth-order valence-corrected chi connectivity index (χ4v) is 1.25. The first-order valence-corrected chi connectivity index (χ1v) is 4.72. The van der Waals surface area contributed by atoms with E-state index in [-0.39, 0.29) is 0 Å². The number of furan rings is 1. The zero-order chi connectivity index (χ0) is 10.4. The molecule has 0 radical (unpaired) electrons. The van der Waals surface area contributed by atoms with E-state index < -0.39 is 0 Å². The van der Waals surface area contributed by atoms with Crippen LogP contribution in [0.25, 0.3) is 0 Å². The molecule has 2 N–H and O–H groups in total. The van der Waals surface area contributed by atoms with Crippen LogP contribution in [0.5, 0.6) is 0 Å². The molecule has 0 unspecified atom stereocenters. The SMILES string of the molecule is C#CCN(CC)Cc1cc(CN)co1. The summed E-state index contributed by atoms with van der Waals surface area (Å²) in [5, 5.41) is 0. The largest absolute Gasteiger partial charge is 0.468 e. The van der Waals surface area contributed by atoms with Gasteiger partial charge < -0.3 is 10.2 Å². The van der Waals surface area contributed by atoms with Crippen LogP contribution in [-0.4, -0.2) is 18.0 Å². The summed E-state index contributed by atoms with van der Waals surface area (Å²) in [5.74, 6) is 3.54. The molecule has 0 atom stereocenters. The zero-order valence-electron chi connectivity index (χ0n) is 8.49. The quantitative estimate of drug-likeness (QED) is 0.713. The molecule has 0 spiro atoms. The molecule has 0 fully saturated rings. The van der Waals surface area contributed by atoms with Crippen LogP contribution in [0.4, 0.5) is 0 Å². The highest BCUT2D eigenvalue weighted by Crippen LogP contribution is 2.09. The van der Waals surface area contributed by atoms with Gasteiger partial charge in [-0.25, -0.2) is 0 Å². The average Bonchev–Trinajstić information content (AvgIpc) is 2.65. The molecule has 0 amide bonds. The lowest BCUT2D eigenvalue weighted by Gasteiger charge is -2.14. The minimum absolute atomic E-state index is 0.519. The van der Waals surface area contributed by atoms with Gasteiger partial charge in [0.15, 0.2) is 0 Å². The van der Waals surface area contributed by atoms with Gasteiger partial charge in [0.2, 0.25) is 0 Å². The molecule has 3 nitrogen and oxygen atoms in total. The van der Waals surface area contributed by atoms with Crippen molar-refractivity contribution in [1.82, 2.24) is 4.90 Å². The summed E-state index contributed by atoms with van der Waals surface area (Å²) >= 11 is 0. The third-order valence-corrected chi connectivity index (χ3v) is 2.09. The number of rotatable bonds is 5. The van der Waals surface area contributed by atoms with E-state index in [9.17, 15) is 0 Å². The molecule has 14 heavy (non-hydrogen) atoms. The van der Waals surface area contributed by atoms with E-state index in [0.717, 1.165) is 24.4 Å². The highest BCUT2D eigenvalue weighted by Gasteiger charge is 2.05. The maximum Gasteiger partial charge on any atom is 0.118 e. The Morgan fingerprint density at radius 2 is 2.43 bits per heavy atom. The van der Waals surface area contributed by atoms with Gasteiger partial charge >= 0.3 is 0 Å². The zero-order valence-corrected chi connectivity index (χ0v) is 8.49. The van der Waals surface area contributed by atoms with E-state index in [1.165, 1.54) is 0 Å². The van der Waals surface area contributed by atoms with Gasteiger partial charge in [0, 0.05) is 12.1 Å². The van der Waals surface area contributed by atoms with Crippen LogP contribution in [0.15, 0.2) is 16.7 Å². The van der Waals surface area contributed by atoms with Crippen LogP contribution in [0.3, 0.4) is 0 Å². The Hall–Kier alpha value is -1.24. The van der Waals surface area contributed by atoms with Gasteiger partial charge in [-0.2, -0.15) is 0 Å². The molecule has 0 bridgehead atoms. The summed E-state index contributed by atoms with van der Waals surface area (Å²) < 4.78 is 5.34. The molecule has 0 saturated heterocycles. The highest BCUT2D eigenvalue weighted by molar-refractivity contribution is 5.12. The molecular formula is C11H16N2O. The first-order chi connectivity index (χ1) is 6.80. The van der Waals surface area contributed by atoms with Crippen molar-refractivity contribution >= 4 is 0 Å². The van der Waals surface area contributed by atoms with Crippen LogP contribution in [-0.2, 0) is 13.1 Å². The molecule has 0 aromatic carbocycles.